The number of nitrogens with one attached hydrogen (secondary N) is 3. The second-order valence-corrected chi connectivity index (χ2v) is 3.63. The number of aromatic amines is 3. The van der Waals surface area contributed by atoms with E-state index in [9.17, 15) is 4.79 Å². The van der Waals surface area contributed by atoms with Crippen LogP contribution in [-0.4, -0.2) is 29.9 Å². The summed E-state index contributed by atoms with van der Waals surface area (Å²) < 4.78 is 0. The molecule has 0 fully saturated rings. The number of nitrogens with two attached hydrogens (primary N) is 1. The maximum Gasteiger partial charge on any atom is 0.325 e. The van der Waals surface area contributed by atoms with Crippen molar-refractivity contribution >= 4 is 17.0 Å². The van der Waals surface area contributed by atoms with Gasteiger partial charge in [-0.05, 0) is 6.92 Å². The molecule has 3 aromatic rings. The number of aryl methyl sites for hydroxylation is 1. The lowest BCUT2D eigenvalue weighted by molar-refractivity contribution is 1.14. The van der Waals surface area contributed by atoms with Crippen molar-refractivity contribution in [1.82, 2.24) is 29.9 Å². The smallest absolute Gasteiger partial charge is 0.325 e. The molecule has 8 nitrogen and oxygen atoms in total. The number of anilines is 1. The van der Waals surface area contributed by atoms with Crippen molar-refractivity contribution in [2.45, 2.75) is 6.92 Å². The van der Waals surface area contributed by atoms with Crippen molar-refractivity contribution in [1.29, 1.82) is 0 Å². The molecule has 0 aromatic carbocycles. The number of rotatable bonds is 1. The second kappa shape index (κ2) is 3.17. The van der Waals surface area contributed by atoms with Crippen LogP contribution in [0, 0.1) is 6.92 Å². The summed E-state index contributed by atoms with van der Waals surface area (Å²) in [6.07, 6.45) is 1.74. The summed E-state index contributed by atoms with van der Waals surface area (Å²) in [6.45, 7) is 1.85. The molecule has 0 atom stereocenters. The summed E-state index contributed by atoms with van der Waals surface area (Å²) in [5, 5.41) is 0. The third-order valence-electron chi connectivity index (χ3n) is 2.33. The summed E-state index contributed by atoms with van der Waals surface area (Å²) in [6, 6.07) is 0. The minimum atomic E-state index is -0.367. The van der Waals surface area contributed by atoms with Crippen LogP contribution in [0.25, 0.3) is 22.8 Å². The maximum atomic E-state index is 11.1. The van der Waals surface area contributed by atoms with Crippen molar-refractivity contribution in [2.24, 2.45) is 0 Å². The van der Waals surface area contributed by atoms with Crippen molar-refractivity contribution < 1.29 is 0 Å². The van der Waals surface area contributed by atoms with Gasteiger partial charge in [0.1, 0.15) is 5.52 Å². The number of nitrogen functional groups attached to an aromatic ring is 1. The zero-order chi connectivity index (χ0) is 12.0. The molecular formula is C9H9N7O. The number of hydrogen-bond acceptors (Lipinski definition) is 5. The summed E-state index contributed by atoms with van der Waals surface area (Å²) in [4.78, 5) is 31.6. The largest absolute Gasteiger partial charge is 0.382 e. The van der Waals surface area contributed by atoms with Crippen LogP contribution in [0.3, 0.4) is 0 Å². The van der Waals surface area contributed by atoms with Gasteiger partial charge in [-0.15, -0.1) is 0 Å². The summed E-state index contributed by atoms with van der Waals surface area (Å²) in [5.41, 5.74) is 6.96. The number of imidazole rings is 2. The SMILES string of the molecule is Cc1c[nH]c(-c2nc(N)c3[nH]c(=O)[nH]c3n2)n1. The van der Waals surface area contributed by atoms with Crippen molar-refractivity contribution in [3.8, 4) is 11.6 Å². The Morgan fingerprint density at radius 1 is 1.24 bits per heavy atom. The molecule has 0 aliphatic carbocycles. The van der Waals surface area contributed by atoms with Gasteiger partial charge in [-0.1, -0.05) is 0 Å². The van der Waals surface area contributed by atoms with Gasteiger partial charge in [0.05, 0.1) is 5.69 Å². The van der Waals surface area contributed by atoms with Crippen LogP contribution in [0.15, 0.2) is 11.0 Å². The van der Waals surface area contributed by atoms with Crippen LogP contribution in [0.4, 0.5) is 5.82 Å². The quantitative estimate of drug-likeness (QED) is 0.465. The van der Waals surface area contributed by atoms with Gasteiger partial charge in [-0.2, -0.15) is 0 Å². The Hall–Kier alpha value is -2.64. The van der Waals surface area contributed by atoms with Crippen molar-refractivity contribution in [3.63, 3.8) is 0 Å². The van der Waals surface area contributed by atoms with Gasteiger partial charge in [0.2, 0.25) is 0 Å². The fourth-order valence-corrected chi connectivity index (χ4v) is 1.58. The molecule has 0 aliphatic rings. The molecule has 5 N–H and O–H groups in total. The minimum absolute atomic E-state index is 0.206. The average molecular weight is 231 g/mol. The van der Waals surface area contributed by atoms with E-state index in [0.29, 0.717) is 22.8 Å². The molecule has 3 rings (SSSR count). The molecule has 0 radical (unpaired) electrons. The molecule has 0 saturated carbocycles. The Kier molecular flexibility index (Phi) is 1.79. The van der Waals surface area contributed by atoms with E-state index < -0.39 is 0 Å². The van der Waals surface area contributed by atoms with E-state index in [0.717, 1.165) is 5.69 Å². The lowest BCUT2D eigenvalue weighted by atomic mass is 10.4. The molecule has 0 spiro atoms. The van der Waals surface area contributed by atoms with Crippen LogP contribution in [-0.2, 0) is 0 Å². The number of aromatic nitrogens is 6. The molecule has 17 heavy (non-hydrogen) atoms. The summed E-state index contributed by atoms with van der Waals surface area (Å²) >= 11 is 0. The highest BCUT2D eigenvalue weighted by Crippen LogP contribution is 2.17. The van der Waals surface area contributed by atoms with E-state index in [1.54, 1.807) is 6.20 Å². The fourth-order valence-electron chi connectivity index (χ4n) is 1.58. The maximum absolute atomic E-state index is 11.1. The minimum Gasteiger partial charge on any atom is -0.382 e. The van der Waals surface area contributed by atoms with Crippen LogP contribution >= 0.6 is 0 Å². The fraction of sp³-hybridized carbons (Fsp3) is 0.111. The Morgan fingerprint density at radius 2 is 2.06 bits per heavy atom. The molecular weight excluding hydrogens is 222 g/mol. The monoisotopic (exact) mass is 231 g/mol. The van der Waals surface area contributed by atoms with Gasteiger partial charge < -0.3 is 15.7 Å². The van der Waals surface area contributed by atoms with Crippen molar-refractivity contribution in [2.75, 3.05) is 5.73 Å². The molecule has 8 heteroatoms. The number of hydrogen-bond donors (Lipinski definition) is 4. The highest BCUT2D eigenvalue weighted by Gasteiger charge is 2.11. The molecule has 0 bridgehead atoms. The lowest BCUT2D eigenvalue weighted by Gasteiger charge is -1.98. The van der Waals surface area contributed by atoms with Gasteiger partial charge in [-0.3, -0.25) is 4.98 Å². The molecule has 0 unspecified atom stereocenters. The highest BCUT2D eigenvalue weighted by molar-refractivity contribution is 5.82. The zero-order valence-corrected chi connectivity index (χ0v) is 8.90. The molecule has 0 saturated heterocycles. The molecule has 0 amide bonds. The van der Waals surface area contributed by atoms with Gasteiger partial charge in [-0.25, -0.2) is 19.7 Å². The zero-order valence-electron chi connectivity index (χ0n) is 8.90. The predicted molar refractivity (Wildman–Crippen MR) is 61.2 cm³/mol. The molecule has 3 aromatic heterocycles. The third kappa shape index (κ3) is 1.46. The number of fused-ring (bicyclic) bond motifs is 1. The van der Waals surface area contributed by atoms with Gasteiger partial charge in [0.15, 0.2) is 23.1 Å². The first-order valence-corrected chi connectivity index (χ1v) is 4.91. The normalized spacial score (nSPS) is 11.1. The topological polar surface area (TPSA) is 129 Å². The lowest BCUT2D eigenvalue weighted by Crippen LogP contribution is -1.99. The Labute approximate surface area is 94.3 Å². The van der Waals surface area contributed by atoms with Crippen LogP contribution < -0.4 is 11.4 Å². The first kappa shape index (κ1) is 9.58. The molecule has 86 valence electrons. The van der Waals surface area contributed by atoms with E-state index in [1.807, 2.05) is 6.92 Å². The van der Waals surface area contributed by atoms with Crippen molar-refractivity contribution in [3.05, 3.63) is 22.4 Å². The number of nitrogens with zero attached hydrogens (tertiary/aromatic N) is 3. The van der Waals surface area contributed by atoms with E-state index >= 15 is 0 Å². The first-order chi connectivity index (χ1) is 8.13. The van der Waals surface area contributed by atoms with E-state index in [4.69, 9.17) is 5.73 Å². The van der Waals surface area contributed by atoms with Gasteiger partial charge >= 0.3 is 5.69 Å². The Balaban J connectivity index is 2.28. The average Bonchev–Trinajstić information content (AvgIpc) is 2.83. The van der Waals surface area contributed by atoms with Crippen LogP contribution in [0.2, 0.25) is 0 Å². The Morgan fingerprint density at radius 3 is 2.76 bits per heavy atom. The Bertz CT molecular complexity index is 750. The standard InChI is InChI=1S/C9H9N7O/c1-3-2-11-7(12-3)8-14-5(10)4-6(15-8)16-9(17)13-4/h2H,1H3,(H,11,12)(H4,10,13,14,15,16,17). The van der Waals surface area contributed by atoms with Crippen LogP contribution in [0.1, 0.15) is 5.69 Å². The summed E-state index contributed by atoms with van der Waals surface area (Å²) in [5.74, 6) is 1.06. The number of H-pyrrole nitrogens is 3. The predicted octanol–water partition coefficient (Wildman–Crippen LogP) is -0.0731. The highest BCUT2D eigenvalue weighted by atomic mass is 16.1. The van der Waals surface area contributed by atoms with E-state index in [2.05, 4.69) is 29.9 Å². The van der Waals surface area contributed by atoms with Gasteiger partial charge in [0.25, 0.3) is 0 Å². The molecule has 0 aliphatic heterocycles. The molecule has 3 heterocycles. The van der Waals surface area contributed by atoms with E-state index in [1.165, 1.54) is 0 Å². The van der Waals surface area contributed by atoms with Gasteiger partial charge in [0, 0.05) is 6.20 Å². The van der Waals surface area contributed by atoms with Crippen LogP contribution in [0.5, 0.6) is 0 Å². The second-order valence-electron chi connectivity index (χ2n) is 3.63. The first-order valence-electron chi connectivity index (χ1n) is 4.91. The third-order valence-corrected chi connectivity index (χ3v) is 2.33. The summed E-state index contributed by atoms with van der Waals surface area (Å²) in [7, 11) is 0. The van der Waals surface area contributed by atoms with E-state index in [-0.39, 0.29) is 11.5 Å².